The highest BCUT2D eigenvalue weighted by atomic mass is 32.1. The van der Waals surface area contributed by atoms with Gasteiger partial charge in [-0.3, -0.25) is 14.7 Å². The van der Waals surface area contributed by atoms with E-state index in [4.69, 9.17) is 0 Å². The number of hydrogen-bond acceptors (Lipinski definition) is 5. The second-order valence-electron chi connectivity index (χ2n) is 7.52. The number of hydrogen-bond donors (Lipinski definition) is 1. The molecule has 1 unspecified atom stereocenters. The molecule has 1 aromatic carbocycles. The van der Waals surface area contributed by atoms with Crippen molar-refractivity contribution in [2.24, 2.45) is 5.92 Å². The Labute approximate surface area is 175 Å². The Kier molecular flexibility index (Phi) is 6.32. The zero-order chi connectivity index (χ0) is 20.1. The van der Waals surface area contributed by atoms with Crippen LogP contribution >= 0.6 is 11.3 Å². The maximum atomic E-state index is 13.1. The lowest BCUT2D eigenvalue weighted by atomic mass is 9.94. The zero-order valence-corrected chi connectivity index (χ0v) is 17.4. The van der Waals surface area contributed by atoms with Crippen LogP contribution in [0.3, 0.4) is 0 Å². The molecule has 3 aromatic rings. The largest absolute Gasteiger partial charge is 0.343 e. The fourth-order valence-corrected chi connectivity index (χ4v) is 4.45. The second kappa shape index (κ2) is 9.29. The van der Waals surface area contributed by atoms with E-state index in [1.807, 2.05) is 55.5 Å². The van der Waals surface area contributed by atoms with E-state index >= 15 is 0 Å². The van der Waals surface area contributed by atoms with Gasteiger partial charge in [-0.15, -0.1) is 11.3 Å². The van der Waals surface area contributed by atoms with Crippen LogP contribution in [0.4, 0.5) is 0 Å². The first-order valence-corrected chi connectivity index (χ1v) is 11.0. The van der Waals surface area contributed by atoms with E-state index in [9.17, 15) is 4.79 Å². The summed E-state index contributed by atoms with van der Waals surface area (Å²) in [6.45, 7) is 4.76. The lowest BCUT2D eigenvalue weighted by molar-refractivity contribution is -0.127. The Morgan fingerprint density at radius 3 is 2.59 bits per heavy atom. The predicted octanol–water partition coefficient (Wildman–Crippen LogP) is 3.96. The van der Waals surface area contributed by atoms with Crippen LogP contribution in [0, 0.1) is 12.8 Å². The van der Waals surface area contributed by atoms with Gasteiger partial charge in [-0.1, -0.05) is 36.4 Å². The number of nitrogens with one attached hydrogen (secondary N) is 1. The molecule has 1 aliphatic heterocycles. The van der Waals surface area contributed by atoms with Gasteiger partial charge in [0.1, 0.15) is 0 Å². The molecule has 4 rings (SSSR count). The molecule has 1 amide bonds. The number of benzene rings is 1. The minimum atomic E-state index is -0.221. The predicted molar refractivity (Wildman–Crippen MR) is 116 cm³/mol. The van der Waals surface area contributed by atoms with Gasteiger partial charge in [0.15, 0.2) is 0 Å². The summed E-state index contributed by atoms with van der Waals surface area (Å²) in [5.74, 6) is 0.159. The van der Waals surface area contributed by atoms with Gasteiger partial charge in [-0.25, -0.2) is 4.98 Å². The molecular formula is C23H26N4OS. The normalized spacial score (nSPS) is 16.4. The first kappa shape index (κ1) is 19.7. The third kappa shape index (κ3) is 5.08. The molecule has 150 valence electrons. The van der Waals surface area contributed by atoms with Crippen LogP contribution in [-0.2, 0) is 11.3 Å². The Balaban J connectivity index is 1.38. The highest BCUT2D eigenvalue weighted by Crippen LogP contribution is 2.24. The van der Waals surface area contributed by atoms with Crippen LogP contribution in [0.5, 0.6) is 0 Å². The van der Waals surface area contributed by atoms with E-state index in [0.29, 0.717) is 0 Å². The van der Waals surface area contributed by atoms with Crippen molar-refractivity contribution >= 4 is 17.2 Å². The number of likely N-dealkylation sites (tertiary alicyclic amines) is 1. The first-order valence-electron chi connectivity index (χ1n) is 10.1. The second-order valence-corrected chi connectivity index (χ2v) is 8.58. The summed E-state index contributed by atoms with van der Waals surface area (Å²) in [6.07, 6.45) is 3.52. The first-order chi connectivity index (χ1) is 14.2. The number of carbonyl (C=O) groups excluding carboxylic acids is 1. The molecule has 0 bridgehead atoms. The Morgan fingerprint density at radius 2 is 1.93 bits per heavy atom. The molecule has 1 atom stereocenters. The number of rotatable bonds is 6. The van der Waals surface area contributed by atoms with Gasteiger partial charge >= 0.3 is 0 Å². The molecule has 0 saturated carbocycles. The van der Waals surface area contributed by atoms with Crippen LogP contribution < -0.4 is 5.32 Å². The molecule has 5 nitrogen and oxygen atoms in total. The van der Waals surface area contributed by atoms with Gasteiger partial charge in [0.25, 0.3) is 0 Å². The summed E-state index contributed by atoms with van der Waals surface area (Å²) >= 11 is 1.69. The average Bonchev–Trinajstić information content (AvgIpc) is 3.18. The van der Waals surface area contributed by atoms with Gasteiger partial charge < -0.3 is 5.32 Å². The molecule has 29 heavy (non-hydrogen) atoms. The minimum Gasteiger partial charge on any atom is -0.343 e. The minimum absolute atomic E-state index is 0.0401. The van der Waals surface area contributed by atoms with Crippen molar-refractivity contribution in [2.75, 3.05) is 13.1 Å². The van der Waals surface area contributed by atoms with E-state index in [1.165, 1.54) is 0 Å². The summed E-state index contributed by atoms with van der Waals surface area (Å²) in [7, 11) is 0. The van der Waals surface area contributed by atoms with E-state index < -0.39 is 0 Å². The molecule has 1 saturated heterocycles. The van der Waals surface area contributed by atoms with Gasteiger partial charge in [0, 0.05) is 24.0 Å². The molecule has 0 radical (unpaired) electrons. The Hall–Kier alpha value is -2.57. The maximum absolute atomic E-state index is 13.1. The number of thiazole rings is 1. The number of pyridine rings is 1. The van der Waals surface area contributed by atoms with Crippen molar-refractivity contribution in [1.82, 2.24) is 20.2 Å². The van der Waals surface area contributed by atoms with Crippen LogP contribution in [0.2, 0.25) is 0 Å². The quantitative estimate of drug-likeness (QED) is 0.673. The van der Waals surface area contributed by atoms with E-state index in [-0.39, 0.29) is 17.9 Å². The standard InChI is InChI=1S/C23H26N4OS/c1-17-25-20(16-29-17)15-27-13-10-19(11-14-27)23(28)26-22(18-7-3-2-4-8-18)21-9-5-6-12-24-21/h2-9,12,16,19,22H,10-11,13-15H2,1H3,(H,26,28). The number of nitrogens with zero attached hydrogens (tertiary/aromatic N) is 3. The SMILES string of the molecule is Cc1nc(CN2CCC(C(=O)NC(c3ccccc3)c3ccccn3)CC2)cs1. The fraction of sp³-hybridized carbons (Fsp3) is 0.348. The molecule has 1 fully saturated rings. The summed E-state index contributed by atoms with van der Waals surface area (Å²) in [5, 5.41) is 6.49. The van der Waals surface area contributed by atoms with Crippen LogP contribution in [0.15, 0.2) is 60.1 Å². The highest BCUT2D eigenvalue weighted by Gasteiger charge is 2.28. The third-order valence-corrected chi connectivity index (χ3v) is 6.24. The van der Waals surface area contributed by atoms with Gasteiger partial charge in [0.2, 0.25) is 5.91 Å². The van der Waals surface area contributed by atoms with Crippen LogP contribution in [0.1, 0.15) is 40.8 Å². The van der Waals surface area contributed by atoms with Crippen LogP contribution in [0.25, 0.3) is 0 Å². The van der Waals surface area contributed by atoms with Crippen molar-refractivity contribution < 1.29 is 4.79 Å². The summed E-state index contributed by atoms with van der Waals surface area (Å²) < 4.78 is 0. The zero-order valence-electron chi connectivity index (χ0n) is 16.6. The molecule has 0 spiro atoms. The maximum Gasteiger partial charge on any atom is 0.224 e. The van der Waals surface area contributed by atoms with E-state index in [0.717, 1.165) is 54.4 Å². The van der Waals surface area contributed by atoms with Crippen molar-refractivity contribution in [2.45, 2.75) is 32.4 Å². The third-order valence-electron chi connectivity index (χ3n) is 5.41. The number of carbonyl (C=O) groups is 1. The van der Waals surface area contributed by atoms with Crippen LogP contribution in [-0.4, -0.2) is 33.9 Å². The van der Waals surface area contributed by atoms with E-state index in [2.05, 4.69) is 25.6 Å². The molecule has 1 aliphatic rings. The Bertz CT molecular complexity index is 881. The van der Waals surface area contributed by atoms with Gasteiger partial charge in [-0.2, -0.15) is 0 Å². The molecular weight excluding hydrogens is 380 g/mol. The summed E-state index contributed by atoms with van der Waals surface area (Å²) in [4.78, 5) is 24.5. The number of amides is 1. The molecule has 1 N–H and O–H groups in total. The van der Waals surface area contributed by atoms with E-state index in [1.54, 1.807) is 17.5 Å². The number of aryl methyl sites for hydroxylation is 1. The molecule has 2 aromatic heterocycles. The topological polar surface area (TPSA) is 58.1 Å². The van der Waals surface area contributed by atoms with Crippen molar-refractivity contribution in [3.8, 4) is 0 Å². The van der Waals surface area contributed by atoms with Gasteiger partial charge in [0.05, 0.1) is 22.4 Å². The summed E-state index contributed by atoms with van der Waals surface area (Å²) in [5.41, 5.74) is 3.05. The molecule has 0 aliphatic carbocycles. The lowest BCUT2D eigenvalue weighted by Crippen LogP contribution is -2.41. The average molecular weight is 407 g/mol. The monoisotopic (exact) mass is 406 g/mol. The summed E-state index contributed by atoms with van der Waals surface area (Å²) in [6, 6.07) is 15.7. The fourth-order valence-electron chi connectivity index (χ4n) is 3.84. The van der Waals surface area contributed by atoms with Crippen molar-refractivity contribution in [3.63, 3.8) is 0 Å². The lowest BCUT2D eigenvalue weighted by Gasteiger charge is -2.31. The smallest absolute Gasteiger partial charge is 0.224 e. The van der Waals surface area contributed by atoms with Gasteiger partial charge in [-0.05, 0) is 50.6 Å². The van der Waals surface area contributed by atoms with Crippen molar-refractivity contribution in [3.05, 3.63) is 82.1 Å². The molecule has 3 heterocycles. The highest BCUT2D eigenvalue weighted by molar-refractivity contribution is 7.09. The number of aromatic nitrogens is 2. The number of piperidine rings is 1. The van der Waals surface area contributed by atoms with Crippen molar-refractivity contribution in [1.29, 1.82) is 0 Å². The Morgan fingerprint density at radius 1 is 1.17 bits per heavy atom. The molecule has 6 heteroatoms.